The van der Waals surface area contributed by atoms with Gasteiger partial charge in [0.05, 0.1) is 25.6 Å². The molecule has 1 amide bonds. The first-order valence-corrected chi connectivity index (χ1v) is 10.5. The Morgan fingerprint density at radius 2 is 1.76 bits per heavy atom. The Morgan fingerprint density at radius 3 is 2.41 bits per heavy atom. The fourth-order valence-electron chi connectivity index (χ4n) is 3.30. The molecule has 0 aliphatic carbocycles. The van der Waals surface area contributed by atoms with Gasteiger partial charge in [0, 0.05) is 28.7 Å². The summed E-state index contributed by atoms with van der Waals surface area (Å²) in [6.45, 7) is 4.16. The fourth-order valence-corrected chi connectivity index (χ4v) is 4.34. The summed E-state index contributed by atoms with van der Waals surface area (Å²) >= 11 is 1.80. The predicted octanol–water partition coefficient (Wildman–Crippen LogP) is 4.51. The number of anilines is 1. The maximum Gasteiger partial charge on any atom is 0.257 e. The Hall–Kier alpha value is -2.93. The van der Waals surface area contributed by atoms with Gasteiger partial charge in [-0.1, -0.05) is 6.07 Å². The van der Waals surface area contributed by atoms with Gasteiger partial charge >= 0.3 is 0 Å². The molecule has 0 saturated heterocycles. The van der Waals surface area contributed by atoms with Crippen LogP contribution < -0.4 is 14.8 Å². The zero-order chi connectivity index (χ0) is 20.5. The van der Waals surface area contributed by atoms with Crippen molar-refractivity contribution in [2.75, 3.05) is 19.5 Å². The van der Waals surface area contributed by atoms with Crippen LogP contribution in [0.2, 0.25) is 0 Å². The standard InChI is InChI=1S/C22H23N3O3S/c1-13-5-6-16(7-14(13)2)25-21(19-11-29-12-20(19)24-25)23-22(26)15-8-17(27-3)10-18(9-15)28-4/h5-10H,11-12H2,1-4H3,(H,23,26). The van der Waals surface area contributed by atoms with Crippen LogP contribution >= 0.6 is 11.8 Å². The van der Waals surface area contributed by atoms with Gasteiger partial charge in [0.25, 0.3) is 5.91 Å². The number of nitrogens with one attached hydrogen (secondary N) is 1. The maximum atomic E-state index is 13.1. The number of ether oxygens (including phenoxy) is 2. The molecule has 0 bridgehead atoms. The monoisotopic (exact) mass is 409 g/mol. The minimum atomic E-state index is -0.230. The van der Waals surface area contributed by atoms with Crippen LogP contribution in [0, 0.1) is 13.8 Å². The van der Waals surface area contributed by atoms with Gasteiger partial charge in [-0.25, -0.2) is 4.68 Å². The zero-order valence-electron chi connectivity index (χ0n) is 16.9. The molecule has 6 nitrogen and oxygen atoms in total. The molecule has 0 atom stereocenters. The van der Waals surface area contributed by atoms with Crippen molar-refractivity contribution in [2.45, 2.75) is 25.4 Å². The van der Waals surface area contributed by atoms with Crippen molar-refractivity contribution in [2.24, 2.45) is 0 Å². The van der Waals surface area contributed by atoms with E-state index in [0.717, 1.165) is 34.3 Å². The first-order valence-electron chi connectivity index (χ1n) is 9.30. The topological polar surface area (TPSA) is 65.4 Å². The number of rotatable bonds is 5. The van der Waals surface area contributed by atoms with E-state index < -0.39 is 0 Å². The van der Waals surface area contributed by atoms with E-state index in [1.54, 1.807) is 44.2 Å². The minimum absolute atomic E-state index is 0.230. The van der Waals surface area contributed by atoms with Crippen LogP contribution in [-0.2, 0) is 11.5 Å². The molecule has 0 radical (unpaired) electrons. The molecule has 150 valence electrons. The van der Waals surface area contributed by atoms with Gasteiger partial charge < -0.3 is 14.8 Å². The Kier molecular flexibility index (Phi) is 5.24. The molecular formula is C22H23N3O3S. The van der Waals surface area contributed by atoms with Crippen molar-refractivity contribution >= 4 is 23.5 Å². The van der Waals surface area contributed by atoms with E-state index in [1.165, 1.54) is 11.1 Å². The second-order valence-electron chi connectivity index (χ2n) is 7.00. The summed E-state index contributed by atoms with van der Waals surface area (Å²) in [6, 6.07) is 11.3. The highest BCUT2D eigenvalue weighted by Gasteiger charge is 2.25. The number of hydrogen-bond donors (Lipinski definition) is 1. The molecule has 0 saturated carbocycles. The number of hydrogen-bond acceptors (Lipinski definition) is 5. The number of carbonyl (C=O) groups is 1. The summed E-state index contributed by atoms with van der Waals surface area (Å²) in [5, 5.41) is 7.86. The third-order valence-corrected chi connectivity index (χ3v) is 6.10. The van der Waals surface area contributed by atoms with Crippen LogP contribution in [0.5, 0.6) is 11.5 Å². The van der Waals surface area contributed by atoms with E-state index in [0.29, 0.717) is 17.1 Å². The Morgan fingerprint density at radius 1 is 1.03 bits per heavy atom. The molecule has 2 heterocycles. The van der Waals surface area contributed by atoms with Gasteiger partial charge in [-0.15, -0.1) is 0 Å². The molecule has 0 fully saturated rings. The number of nitrogens with zero attached hydrogens (tertiary/aromatic N) is 2. The van der Waals surface area contributed by atoms with Crippen LogP contribution in [0.15, 0.2) is 36.4 Å². The number of amides is 1. The van der Waals surface area contributed by atoms with E-state index in [2.05, 4.69) is 31.3 Å². The smallest absolute Gasteiger partial charge is 0.257 e. The number of carbonyl (C=O) groups excluding carboxylic acids is 1. The Bertz CT molecular complexity index is 1070. The van der Waals surface area contributed by atoms with Gasteiger partial charge in [-0.05, 0) is 49.2 Å². The third-order valence-electron chi connectivity index (χ3n) is 5.13. The molecule has 1 aliphatic rings. The lowest BCUT2D eigenvalue weighted by Gasteiger charge is -2.13. The Balaban J connectivity index is 1.74. The number of thioether (sulfide) groups is 1. The van der Waals surface area contributed by atoms with E-state index in [4.69, 9.17) is 14.6 Å². The molecule has 0 unspecified atom stereocenters. The SMILES string of the molecule is COc1cc(OC)cc(C(=O)Nc2c3c(nn2-c2ccc(C)c(C)c2)CSC3)c1. The second-order valence-corrected chi connectivity index (χ2v) is 7.99. The highest BCUT2D eigenvalue weighted by molar-refractivity contribution is 7.98. The quantitative estimate of drug-likeness (QED) is 0.672. The average Bonchev–Trinajstić information content (AvgIpc) is 3.32. The van der Waals surface area contributed by atoms with Crippen molar-refractivity contribution in [3.63, 3.8) is 0 Å². The van der Waals surface area contributed by atoms with E-state index in [1.807, 2.05) is 10.7 Å². The molecule has 0 spiro atoms. The van der Waals surface area contributed by atoms with Gasteiger partial charge in [0.1, 0.15) is 17.3 Å². The van der Waals surface area contributed by atoms with E-state index >= 15 is 0 Å². The highest BCUT2D eigenvalue weighted by atomic mass is 32.2. The molecule has 7 heteroatoms. The first-order chi connectivity index (χ1) is 14.0. The normalized spacial score (nSPS) is 12.6. The third kappa shape index (κ3) is 3.70. The second kappa shape index (κ2) is 7.83. The first kappa shape index (κ1) is 19.4. The van der Waals surface area contributed by atoms with Crippen molar-refractivity contribution in [1.82, 2.24) is 9.78 Å². The molecule has 4 rings (SSSR count). The summed E-state index contributed by atoms with van der Waals surface area (Å²) in [4.78, 5) is 13.1. The van der Waals surface area contributed by atoms with E-state index in [9.17, 15) is 4.79 Å². The molecule has 29 heavy (non-hydrogen) atoms. The van der Waals surface area contributed by atoms with Gasteiger partial charge in [0.2, 0.25) is 0 Å². The summed E-state index contributed by atoms with van der Waals surface area (Å²) in [5.74, 6) is 3.31. The van der Waals surface area contributed by atoms with E-state index in [-0.39, 0.29) is 5.91 Å². The maximum absolute atomic E-state index is 13.1. The molecule has 1 aliphatic heterocycles. The summed E-state index contributed by atoms with van der Waals surface area (Å²) in [7, 11) is 3.13. The number of benzene rings is 2. The zero-order valence-corrected chi connectivity index (χ0v) is 17.7. The summed E-state index contributed by atoms with van der Waals surface area (Å²) in [5.41, 5.74) is 5.91. The molecule has 3 aromatic rings. The lowest BCUT2D eigenvalue weighted by atomic mass is 10.1. The van der Waals surface area contributed by atoms with Crippen LogP contribution in [0.1, 0.15) is 32.7 Å². The molecular weight excluding hydrogens is 386 g/mol. The molecule has 1 N–H and O–H groups in total. The molecule has 2 aromatic carbocycles. The Labute approximate surface area is 174 Å². The van der Waals surface area contributed by atoms with Crippen LogP contribution in [0.3, 0.4) is 0 Å². The lowest BCUT2D eigenvalue weighted by Crippen LogP contribution is -2.16. The van der Waals surface area contributed by atoms with Crippen LogP contribution in [0.25, 0.3) is 5.69 Å². The summed E-state index contributed by atoms with van der Waals surface area (Å²) in [6.07, 6.45) is 0. The number of aromatic nitrogens is 2. The van der Waals surface area contributed by atoms with Crippen molar-refractivity contribution in [3.8, 4) is 17.2 Å². The van der Waals surface area contributed by atoms with Crippen LogP contribution in [0.4, 0.5) is 5.82 Å². The number of fused-ring (bicyclic) bond motifs is 1. The van der Waals surface area contributed by atoms with Crippen molar-refractivity contribution in [3.05, 3.63) is 64.3 Å². The van der Waals surface area contributed by atoms with Crippen molar-refractivity contribution < 1.29 is 14.3 Å². The number of aryl methyl sites for hydroxylation is 2. The van der Waals surface area contributed by atoms with Gasteiger partial charge in [-0.3, -0.25) is 4.79 Å². The lowest BCUT2D eigenvalue weighted by molar-refractivity contribution is 0.102. The number of methoxy groups -OCH3 is 2. The van der Waals surface area contributed by atoms with Gasteiger partial charge in [-0.2, -0.15) is 16.9 Å². The predicted molar refractivity (Wildman–Crippen MR) is 116 cm³/mol. The summed E-state index contributed by atoms with van der Waals surface area (Å²) < 4.78 is 12.4. The fraction of sp³-hybridized carbons (Fsp3) is 0.273. The largest absolute Gasteiger partial charge is 0.497 e. The van der Waals surface area contributed by atoms with Gasteiger partial charge in [0.15, 0.2) is 0 Å². The molecule has 1 aromatic heterocycles. The minimum Gasteiger partial charge on any atom is -0.497 e. The van der Waals surface area contributed by atoms with Crippen molar-refractivity contribution in [1.29, 1.82) is 0 Å². The average molecular weight is 410 g/mol. The highest BCUT2D eigenvalue weighted by Crippen LogP contribution is 2.36. The van der Waals surface area contributed by atoms with Crippen LogP contribution in [-0.4, -0.2) is 29.9 Å².